The standard InChI is InChI=1S/C12H11N5O/c1-8-4-2-3-5-9(8)6-17-7-10-11(15-17)13-16-14-12(10)18/h2-5,7H,6H2,1H3,(H,13,14,15,18). The van der Waals surface area contributed by atoms with Crippen LogP contribution in [0, 0.1) is 6.92 Å². The highest BCUT2D eigenvalue weighted by atomic mass is 16.1. The Labute approximate surface area is 102 Å². The monoisotopic (exact) mass is 241 g/mol. The van der Waals surface area contributed by atoms with Gasteiger partial charge in [-0.1, -0.05) is 29.5 Å². The van der Waals surface area contributed by atoms with Crippen molar-refractivity contribution in [2.45, 2.75) is 13.5 Å². The second kappa shape index (κ2) is 4.06. The van der Waals surface area contributed by atoms with Crippen LogP contribution < -0.4 is 5.56 Å². The number of nitrogens with one attached hydrogen (secondary N) is 1. The molecule has 6 nitrogen and oxygen atoms in total. The van der Waals surface area contributed by atoms with E-state index < -0.39 is 0 Å². The van der Waals surface area contributed by atoms with Gasteiger partial charge in [-0.2, -0.15) is 0 Å². The highest BCUT2D eigenvalue weighted by Gasteiger charge is 2.07. The Morgan fingerprint density at radius 1 is 1.33 bits per heavy atom. The number of aromatic amines is 1. The number of hydrogen-bond acceptors (Lipinski definition) is 4. The molecule has 0 unspecified atom stereocenters. The third-order valence-corrected chi connectivity index (χ3v) is 2.88. The molecular formula is C12H11N5O. The molecule has 6 heteroatoms. The van der Waals surface area contributed by atoms with E-state index in [1.165, 1.54) is 5.56 Å². The van der Waals surface area contributed by atoms with Gasteiger partial charge in [-0.05, 0) is 18.1 Å². The van der Waals surface area contributed by atoms with Crippen molar-refractivity contribution in [2.24, 2.45) is 0 Å². The zero-order chi connectivity index (χ0) is 12.5. The average molecular weight is 241 g/mol. The van der Waals surface area contributed by atoms with Crippen molar-refractivity contribution in [1.82, 2.24) is 25.2 Å². The van der Waals surface area contributed by atoms with Crippen LogP contribution in [-0.4, -0.2) is 25.2 Å². The second-order valence-corrected chi connectivity index (χ2v) is 4.13. The van der Waals surface area contributed by atoms with Gasteiger partial charge in [0.1, 0.15) is 5.39 Å². The fraction of sp³-hybridized carbons (Fsp3) is 0.167. The molecule has 0 aliphatic rings. The Bertz CT molecular complexity index is 758. The lowest BCUT2D eigenvalue weighted by Gasteiger charge is -2.04. The van der Waals surface area contributed by atoms with Crippen LogP contribution in [0.3, 0.4) is 0 Å². The molecule has 0 saturated carbocycles. The first kappa shape index (κ1) is 10.6. The topological polar surface area (TPSA) is 76.5 Å². The molecule has 0 saturated heterocycles. The Kier molecular flexibility index (Phi) is 2.40. The summed E-state index contributed by atoms with van der Waals surface area (Å²) < 4.78 is 1.71. The SMILES string of the molecule is Cc1ccccc1Cn1cc2c(=O)[nH]nnc2n1. The molecule has 3 aromatic rings. The molecule has 1 N–H and O–H groups in total. The van der Waals surface area contributed by atoms with Gasteiger partial charge < -0.3 is 0 Å². The Morgan fingerprint density at radius 2 is 2.17 bits per heavy atom. The molecular weight excluding hydrogens is 230 g/mol. The van der Waals surface area contributed by atoms with Gasteiger partial charge in [0.05, 0.1) is 6.54 Å². The van der Waals surface area contributed by atoms with Crippen molar-refractivity contribution in [3.63, 3.8) is 0 Å². The van der Waals surface area contributed by atoms with E-state index in [4.69, 9.17) is 0 Å². The van der Waals surface area contributed by atoms with Gasteiger partial charge in [0.2, 0.25) is 5.65 Å². The maximum Gasteiger partial charge on any atom is 0.278 e. The van der Waals surface area contributed by atoms with E-state index in [9.17, 15) is 4.79 Å². The highest BCUT2D eigenvalue weighted by Crippen LogP contribution is 2.10. The van der Waals surface area contributed by atoms with Crippen molar-refractivity contribution in [2.75, 3.05) is 0 Å². The van der Waals surface area contributed by atoms with Crippen molar-refractivity contribution in [3.8, 4) is 0 Å². The Balaban J connectivity index is 2.04. The van der Waals surface area contributed by atoms with E-state index >= 15 is 0 Å². The maximum absolute atomic E-state index is 11.5. The smallest absolute Gasteiger partial charge is 0.267 e. The van der Waals surface area contributed by atoms with Gasteiger partial charge in [-0.3, -0.25) is 9.48 Å². The molecule has 0 spiro atoms. The van der Waals surface area contributed by atoms with Crippen LogP contribution >= 0.6 is 0 Å². The summed E-state index contributed by atoms with van der Waals surface area (Å²) >= 11 is 0. The molecule has 2 heterocycles. The number of benzene rings is 1. The maximum atomic E-state index is 11.5. The van der Waals surface area contributed by atoms with Crippen LogP contribution in [0.25, 0.3) is 11.0 Å². The van der Waals surface area contributed by atoms with E-state index in [1.54, 1.807) is 10.9 Å². The summed E-state index contributed by atoms with van der Waals surface area (Å²) in [5.41, 5.74) is 2.45. The van der Waals surface area contributed by atoms with Gasteiger partial charge in [0.15, 0.2) is 0 Å². The summed E-state index contributed by atoms with van der Waals surface area (Å²) in [6.07, 6.45) is 1.69. The summed E-state index contributed by atoms with van der Waals surface area (Å²) in [6, 6.07) is 8.06. The van der Waals surface area contributed by atoms with E-state index in [2.05, 4.69) is 20.5 Å². The Hall–Kier alpha value is -2.50. The Morgan fingerprint density at radius 3 is 2.94 bits per heavy atom. The molecule has 90 valence electrons. The van der Waals surface area contributed by atoms with E-state index in [-0.39, 0.29) is 5.56 Å². The first-order valence-electron chi connectivity index (χ1n) is 5.57. The van der Waals surface area contributed by atoms with Crippen LogP contribution in [0.2, 0.25) is 0 Å². The molecule has 0 aliphatic heterocycles. The largest absolute Gasteiger partial charge is 0.278 e. The lowest BCUT2D eigenvalue weighted by molar-refractivity contribution is 0.688. The number of fused-ring (bicyclic) bond motifs is 1. The molecule has 0 amide bonds. The second-order valence-electron chi connectivity index (χ2n) is 4.13. The molecule has 18 heavy (non-hydrogen) atoms. The van der Waals surface area contributed by atoms with Gasteiger partial charge in [-0.15, -0.1) is 10.2 Å². The van der Waals surface area contributed by atoms with Crippen LogP contribution in [0.5, 0.6) is 0 Å². The van der Waals surface area contributed by atoms with Crippen LogP contribution in [0.15, 0.2) is 35.3 Å². The number of aromatic nitrogens is 5. The normalized spacial score (nSPS) is 10.9. The van der Waals surface area contributed by atoms with Crippen LogP contribution in [-0.2, 0) is 6.54 Å². The molecule has 3 rings (SSSR count). The van der Waals surface area contributed by atoms with Crippen molar-refractivity contribution in [1.29, 1.82) is 0 Å². The van der Waals surface area contributed by atoms with E-state index in [0.717, 1.165) is 5.56 Å². The molecule has 0 bridgehead atoms. The molecule has 0 fully saturated rings. The van der Waals surface area contributed by atoms with E-state index in [0.29, 0.717) is 17.6 Å². The van der Waals surface area contributed by atoms with Gasteiger partial charge in [0.25, 0.3) is 5.56 Å². The first-order chi connectivity index (χ1) is 8.74. The molecule has 2 aromatic heterocycles. The van der Waals surface area contributed by atoms with Gasteiger partial charge in [0, 0.05) is 6.20 Å². The fourth-order valence-corrected chi connectivity index (χ4v) is 1.87. The summed E-state index contributed by atoms with van der Waals surface area (Å²) in [5, 5.41) is 14.3. The number of hydrogen-bond donors (Lipinski definition) is 1. The molecule has 0 aliphatic carbocycles. The van der Waals surface area contributed by atoms with Crippen molar-refractivity contribution < 1.29 is 0 Å². The minimum absolute atomic E-state index is 0.268. The van der Waals surface area contributed by atoms with Crippen molar-refractivity contribution >= 4 is 11.0 Å². The fourth-order valence-electron chi connectivity index (χ4n) is 1.87. The summed E-state index contributed by atoms with van der Waals surface area (Å²) in [5.74, 6) is 0. The molecule has 0 atom stereocenters. The van der Waals surface area contributed by atoms with Crippen molar-refractivity contribution in [3.05, 3.63) is 51.9 Å². The number of H-pyrrole nitrogens is 1. The zero-order valence-corrected chi connectivity index (χ0v) is 9.79. The third kappa shape index (κ3) is 1.77. The summed E-state index contributed by atoms with van der Waals surface area (Å²) in [4.78, 5) is 11.5. The van der Waals surface area contributed by atoms with Gasteiger partial charge >= 0.3 is 0 Å². The number of nitrogens with zero attached hydrogens (tertiary/aromatic N) is 4. The predicted octanol–water partition coefficient (Wildman–Crippen LogP) is 0.871. The summed E-state index contributed by atoms with van der Waals surface area (Å²) in [7, 11) is 0. The predicted molar refractivity (Wildman–Crippen MR) is 66.2 cm³/mol. The molecule has 1 aromatic carbocycles. The lowest BCUT2D eigenvalue weighted by Crippen LogP contribution is -2.08. The number of rotatable bonds is 2. The first-order valence-corrected chi connectivity index (χ1v) is 5.57. The van der Waals surface area contributed by atoms with Gasteiger partial charge in [-0.25, -0.2) is 5.10 Å². The zero-order valence-electron chi connectivity index (χ0n) is 9.79. The summed E-state index contributed by atoms with van der Waals surface area (Å²) in [6.45, 7) is 2.66. The lowest BCUT2D eigenvalue weighted by atomic mass is 10.1. The minimum atomic E-state index is -0.268. The van der Waals surface area contributed by atoms with E-state index in [1.807, 2.05) is 31.2 Å². The van der Waals surface area contributed by atoms with Crippen LogP contribution in [0.1, 0.15) is 11.1 Å². The molecule has 0 radical (unpaired) electrons. The average Bonchev–Trinajstić information content (AvgIpc) is 2.76. The third-order valence-electron chi connectivity index (χ3n) is 2.88. The van der Waals surface area contributed by atoms with Crippen LogP contribution in [0.4, 0.5) is 0 Å². The highest BCUT2D eigenvalue weighted by molar-refractivity contribution is 5.71. The quantitative estimate of drug-likeness (QED) is 0.722. The minimum Gasteiger partial charge on any atom is -0.267 e. The number of aryl methyl sites for hydroxylation is 1.